The zero-order valence-corrected chi connectivity index (χ0v) is 9.05. The monoisotopic (exact) mass is 189 g/mol. The second kappa shape index (κ2) is 8.48. The van der Waals surface area contributed by atoms with Crippen LogP contribution in [0.2, 0.25) is 0 Å². The van der Waals surface area contributed by atoms with Crippen molar-refractivity contribution in [2.75, 3.05) is 26.8 Å². The van der Waals surface area contributed by atoms with Gasteiger partial charge in [0.15, 0.2) is 0 Å². The Morgan fingerprint density at radius 2 is 2.08 bits per heavy atom. The average molecular weight is 189 g/mol. The van der Waals surface area contributed by atoms with Crippen molar-refractivity contribution in [3.05, 3.63) is 0 Å². The molecule has 0 aromatic rings. The molecule has 0 saturated heterocycles. The average Bonchev–Trinajstić information content (AvgIpc) is 2.05. The van der Waals surface area contributed by atoms with Gasteiger partial charge in [-0.2, -0.15) is 0 Å². The minimum absolute atomic E-state index is 0.195. The van der Waals surface area contributed by atoms with E-state index >= 15 is 0 Å². The van der Waals surface area contributed by atoms with Gasteiger partial charge in [-0.05, 0) is 18.9 Å². The summed E-state index contributed by atoms with van der Waals surface area (Å²) in [6.07, 6.45) is 1.72. The highest BCUT2D eigenvalue weighted by Gasteiger charge is 2.04. The van der Waals surface area contributed by atoms with Crippen LogP contribution in [-0.2, 0) is 4.74 Å². The molecule has 2 N–H and O–H groups in total. The molecule has 3 heteroatoms. The van der Waals surface area contributed by atoms with E-state index in [2.05, 4.69) is 19.2 Å². The predicted molar refractivity (Wildman–Crippen MR) is 54.8 cm³/mol. The molecule has 80 valence electrons. The molecule has 3 nitrogen and oxygen atoms in total. The van der Waals surface area contributed by atoms with Gasteiger partial charge in [-0.1, -0.05) is 20.3 Å². The normalized spacial score (nSPS) is 15.7. The Labute approximate surface area is 81.5 Å². The molecule has 0 heterocycles. The number of methoxy groups -OCH3 is 1. The summed E-state index contributed by atoms with van der Waals surface area (Å²) >= 11 is 0. The van der Waals surface area contributed by atoms with Gasteiger partial charge in [0.1, 0.15) is 0 Å². The van der Waals surface area contributed by atoms with E-state index in [1.54, 1.807) is 7.11 Å². The Balaban J connectivity index is 3.23. The topological polar surface area (TPSA) is 41.5 Å². The van der Waals surface area contributed by atoms with Crippen molar-refractivity contribution in [1.29, 1.82) is 0 Å². The van der Waals surface area contributed by atoms with Crippen LogP contribution < -0.4 is 5.32 Å². The SMILES string of the molecule is CCCC(O)CNCC(C)COC. The third kappa shape index (κ3) is 8.22. The molecule has 0 aliphatic rings. The summed E-state index contributed by atoms with van der Waals surface area (Å²) in [7, 11) is 1.71. The largest absolute Gasteiger partial charge is 0.392 e. The van der Waals surface area contributed by atoms with Crippen LogP contribution in [0.5, 0.6) is 0 Å². The van der Waals surface area contributed by atoms with Gasteiger partial charge in [0.25, 0.3) is 0 Å². The van der Waals surface area contributed by atoms with Gasteiger partial charge in [0, 0.05) is 20.3 Å². The van der Waals surface area contributed by atoms with Crippen LogP contribution in [0, 0.1) is 5.92 Å². The van der Waals surface area contributed by atoms with Crippen LogP contribution in [0.1, 0.15) is 26.7 Å². The van der Waals surface area contributed by atoms with E-state index in [1.807, 2.05) is 0 Å². The molecule has 0 aliphatic heterocycles. The Morgan fingerprint density at radius 1 is 1.38 bits per heavy atom. The van der Waals surface area contributed by atoms with Crippen molar-refractivity contribution in [2.24, 2.45) is 5.92 Å². The van der Waals surface area contributed by atoms with Gasteiger partial charge >= 0.3 is 0 Å². The third-order valence-corrected chi connectivity index (χ3v) is 1.95. The van der Waals surface area contributed by atoms with E-state index in [0.29, 0.717) is 12.5 Å². The first-order valence-corrected chi connectivity index (χ1v) is 5.08. The maximum atomic E-state index is 9.40. The molecule has 2 unspecified atom stereocenters. The fourth-order valence-electron chi connectivity index (χ4n) is 1.28. The van der Waals surface area contributed by atoms with Crippen LogP contribution in [-0.4, -0.2) is 38.0 Å². The first-order chi connectivity index (χ1) is 6.20. The maximum absolute atomic E-state index is 9.40. The summed E-state index contributed by atoms with van der Waals surface area (Å²) in [4.78, 5) is 0. The first-order valence-electron chi connectivity index (χ1n) is 5.08. The summed E-state index contributed by atoms with van der Waals surface area (Å²) in [5, 5.41) is 12.6. The number of ether oxygens (including phenoxy) is 1. The van der Waals surface area contributed by atoms with Crippen molar-refractivity contribution < 1.29 is 9.84 Å². The van der Waals surface area contributed by atoms with E-state index in [0.717, 1.165) is 26.0 Å². The molecular formula is C10H23NO2. The fraction of sp³-hybridized carbons (Fsp3) is 1.00. The molecule has 13 heavy (non-hydrogen) atoms. The highest BCUT2D eigenvalue weighted by Crippen LogP contribution is 1.95. The molecule has 0 fully saturated rings. The van der Waals surface area contributed by atoms with Crippen molar-refractivity contribution in [3.8, 4) is 0 Å². The Kier molecular flexibility index (Phi) is 8.40. The standard InChI is InChI=1S/C10H23NO2/c1-4-5-10(12)7-11-6-9(2)8-13-3/h9-12H,4-8H2,1-3H3. The highest BCUT2D eigenvalue weighted by molar-refractivity contribution is 4.61. The lowest BCUT2D eigenvalue weighted by Crippen LogP contribution is -2.31. The second-order valence-electron chi connectivity index (χ2n) is 3.66. The van der Waals surface area contributed by atoms with Crippen LogP contribution in [0.25, 0.3) is 0 Å². The van der Waals surface area contributed by atoms with E-state index in [4.69, 9.17) is 4.74 Å². The number of rotatable bonds is 8. The van der Waals surface area contributed by atoms with Crippen molar-refractivity contribution in [2.45, 2.75) is 32.8 Å². The molecule has 0 aromatic carbocycles. The lowest BCUT2D eigenvalue weighted by atomic mass is 10.2. The zero-order valence-electron chi connectivity index (χ0n) is 9.05. The van der Waals surface area contributed by atoms with E-state index in [-0.39, 0.29) is 6.10 Å². The van der Waals surface area contributed by atoms with Crippen LogP contribution >= 0.6 is 0 Å². The summed E-state index contributed by atoms with van der Waals surface area (Å²) in [5.41, 5.74) is 0. The van der Waals surface area contributed by atoms with Gasteiger partial charge in [-0.25, -0.2) is 0 Å². The molecule has 0 spiro atoms. The fourth-order valence-corrected chi connectivity index (χ4v) is 1.28. The van der Waals surface area contributed by atoms with Crippen molar-refractivity contribution >= 4 is 0 Å². The molecule has 0 radical (unpaired) electrons. The Bertz CT molecular complexity index is 97.1. The smallest absolute Gasteiger partial charge is 0.0664 e. The number of aliphatic hydroxyl groups excluding tert-OH is 1. The second-order valence-corrected chi connectivity index (χ2v) is 3.66. The molecule has 0 aromatic heterocycles. The third-order valence-electron chi connectivity index (χ3n) is 1.95. The number of aliphatic hydroxyl groups is 1. The lowest BCUT2D eigenvalue weighted by molar-refractivity contribution is 0.142. The summed E-state index contributed by atoms with van der Waals surface area (Å²) in [6.45, 7) is 6.59. The minimum Gasteiger partial charge on any atom is -0.392 e. The zero-order chi connectivity index (χ0) is 10.1. The highest BCUT2D eigenvalue weighted by atomic mass is 16.5. The molecular weight excluding hydrogens is 166 g/mol. The van der Waals surface area contributed by atoms with E-state index in [1.165, 1.54) is 0 Å². The van der Waals surface area contributed by atoms with Gasteiger partial charge in [-0.15, -0.1) is 0 Å². The molecule has 2 atom stereocenters. The molecule has 0 amide bonds. The summed E-state index contributed by atoms with van der Waals surface area (Å²) in [6, 6.07) is 0. The predicted octanol–water partition coefficient (Wildman–Crippen LogP) is 1.02. The molecule has 0 bridgehead atoms. The van der Waals surface area contributed by atoms with Crippen molar-refractivity contribution in [1.82, 2.24) is 5.32 Å². The number of hydrogen-bond donors (Lipinski definition) is 2. The first kappa shape index (κ1) is 12.9. The Hall–Kier alpha value is -0.120. The van der Waals surface area contributed by atoms with Gasteiger partial charge < -0.3 is 15.2 Å². The lowest BCUT2D eigenvalue weighted by Gasteiger charge is -2.14. The van der Waals surface area contributed by atoms with Crippen molar-refractivity contribution in [3.63, 3.8) is 0 Å². The van der Waals surface area contributed by atoms with Gasteiger partial charge in [-0.3, -0.25) is 0 Å². The van der Waals surface area contributed by atoms with Gasteiger partial charge in [0.05, 0.1) is 6.10 Å². The molecule has 0 aliphatic carbocycles. The maximum Gasteiger partial charge on any atom is 0.0664 e. The van der Waals surface area contributed by atoms with Crippen LogP contribution in [0.3, 0.4) is 0 Å². The quantitative estimate of drug-likeness (QED) is 0.599. The number of nitrogens with one attached hydrogen (secondary N) is 1. The molecule has 0 rings (SSSR count). The molecule has 0 saturated carbocycles. The van der Waals surface area contributed by atoms with Crippen LogP contribution in [0.15, 0.2) is 0 Å². The van der Waals surface area contributed by atoms with Crippen LogP contribution in [0.4, 0.5) is 0 Å². The Morgan fingerprint density at radius 3 is 2.62 bits per heavy atom. The summed E-state index contributed by atoms with van der Waals surface area (Å²) < 4.78 is 5.01. The minimum atomic E-state index is -0.195. The van der Waals surface area contributed by atoms with E-state index < -0.39 is 0 Å². The number of hydrogen-bond acceptors (Lipinski definition) is 3. The summed E-state index contributed by atoms with van der Waals surface area (Å²) in [5.74, 6) is 0.513. The van der Waals surface area contributed by atoms with E-state index in [9.17, 15) is 5.11 Å². The van der Waals surface area contributed by atoms with Gasteiger partial charge in [0.2, 0.25) is 0 Å².